The second-order valence-electron chi connectivity index (χ2n) is 8.29. The Labute approximate surface area is 172 Å². The largest absolute Gasteiger partial charge is 0.489 e. The van der Waals surface area contributed by atoms with Crippen LogP contribution in [-0.2, 0) is 10.2 Å². The molecule has 154 valence electrons. The molecule has 0 saturated heterocycles. The molecule has 2 bridgehead atoms. The van der Waals surface area contributed by atoms with Gasteiger partial charge >= 0.3 is 0 Å². The Morgan fingerprint density at radius 2 is 1.82 bits per heavy atom. The molecule has 1 aromatic carbocycles. The van der Waals surface area contributed by atoms with Gasteiger partial charge in [-0.25, -0.2) is 4.39 Å². The van der Waals surface area contributed by atoms with Crippen molar-refractivity contribution in [2.45, 2.75) is 63.7 Å². The van der Waals surface area contributed by atoms with Gasteiger partial charge in [0.2, 0.25) is 5.91 Å². The fourth-order valence-electron chi connectivity index (χ4n) is 4.71. The van der Waals surface area contributed by atoms with E-state index in [2.05, 4.69) is 17.4 Å². The van der Waals surface area contributed by atoms with Gasteiger partial charge in [0.25, 0.3) is 0 Å². The topological polar surface area (TPSA) is 38.3 Å². The molecule has 4 rings (SSSR count). The van der Waals surface area contributed by atoms with Gasteiger partial charge < -0.3 is 10.1 Å². The van der Waals surface area contributed by atoms with Crippen LogP contribution in [0.1, 0.15) is 63.9 Å². The Balaban J connectivity index is 1.60. The van der Waals surface area contributed by atoms with E-state index in [0.29, 0.717) is 37.4 Å². The summed E-state index contributed by atoms with van der Waals surface area (Å²) in [5, 5.41) is 3.09. The summed E-state index contributed by atoms with van der Waals surface area (Å²) in [6, 6.07) is 8.29. The van der Waals surface area contributed by atoms with Gasteiger partial charge in [-0.2, -0.15) is 0 Å². The van der Waals surface area contributed by atoms with E-state index in [1.54, 1.807) is 0 Å². The molecule has 3 aliphatic carbocycles. The number of carbonyl (C=O) groups is 1. The van der Waals surface area contributed by atoms with Crippen molar-refractivity contribution in [2.75, 3.05) is 19.0 Å². The van der Waals surface area contributed by atoms with E-state index < -0.39 is 0 Å². The molecule has 0 heterocycles. The minimum absolute atomic E-state index is 0.174. The van der Waals surface area contributed by atoms with E-state index in [4.69, 9.17) is 16.3 Å². The fourth-order valence-corrected chi connectivity index (χ4v) is 4.84. The quantitative estimate of drug-likeness (QED) is 0.423. The monoisotopic (exact) mass is 407 g/mol. The number of amides is 1. The Bertz CT molecular complexity index is 677. The summed E-state index contributed by atoms with van der Waals surface area (Å²) in [5.74, 6) is 1.58. The summed E-state index contributed by atoms with van der Waals surface area (Å²) >= 11 is 5.71. The van der Waals surface area contributed by atoms with Gasteiger partial charge in [-0.05, 0) is 80.1 Å². The highest BCUT2D eigenvalue weighted by Crippen LogP contribution is 2.57. The van der Waals surface area contributed by atoms with Crippen molar-refractivity contribution in [3.8, 4) is 5.75 Å². The van der Waals surface area contributed by atoms with Crippen molar-refractivity contribution >= 4 is 17.5 Å². The molecule has 0 aromatic heterocycles. The molecule has 3 aliphatic rings. The highest BCUT2D eigenvalue weighted by atomic mass is 35.5. The average molecular weight is 408 g/mol. The maximum atomic E-state index is 12.7. The average Bonchev–Trinajstić information content (AvgIpc) is 2.76. The summed E-state index contributed by atoms with van der Waals surface area (Å²) < 4.78 is 18.4. The number of benzene rings is 1. The number of hydrogen-bond acceptors (Lipinski definition) is 2. The van der Waals surface area contributed by atoms with Crippen LogP contribution in [0.3, 0.4) is 0 Å². The summed E-state index contributed by atoms with van der Waals surface area (Å²) in [5.41, 5.74) is 2.01. The zero-order valence-electron chi connectivity index (χ0n) is 16.7. The summed E-state index contributed by atoms with van der Waals surface area (Å²) in [4.78, 5) is 12.7. The van der Waals surface area contributed by atoms with Crippen LogP contribution in [0.15, 0.2) is 36.2 Å². The zero-order valence-corrected chi connectivity index (χ0v) is 17.5. The number of alkyl halides is 1. The van der Waals surface area contributed by atoms with Crippen molar-refractivity contribution in [2.24, 2.45) is 5.41 Å². The Hall–Kier alpha value is -1.55. The van der Waals surface area contributed by atoms with Crippen LogP contribution < -0.4 is 10.1 Å². The zero-order chi connectivity index (χ0) is 20.0. The minimum Gasteiger partial charge on any atom is -0.489 e. The molecule has 5 heteroatoms. The van der Waals surface area contributed by atoms with Gasteiger partial charge in [-0.15, -0.1) is 11.6 Å². The van der Waals surface area contributed by atoms with Gasteiger partial charge in [-0.1, -0.05) is 19.1 Å². The Kier molecular flexibility index (Phi) is 7.03. The first-order valence-electron chi connectivity index (χ1n) is 10.4. The number of carbonyl (C=O) groups excluding carboxylic acids is 1. The van der Waals surface area contributed by atoms with Crippen LogP contribution in [0.5, 0.6) is 5.75 Å². The molecule has 0 atom stereocenters. The lowest BCUT2D eigenvalue weighted by atomic mass is 9.51. The van der Waals surface area contributed by atoms with Crippen molar-refractivity contribution in [3.05, 3.63) is 41.7 Å². The van der Waals surface area contributed by atoms with E-state index in [1.165, 1.54) is 5.56 Å². The second-order valence-corrected chi connectivity index (χ2v) is 8.67. The van der Waals surface area contributed by atoms with E-state index >= 15 is 0 Å². The Morgan fingerprint density at radius 1 is 1.18 bits per heavy atom. The van der Waals surface area contributed by atoms with Gasteiger partial charge in [-0.3, -0.25) is 4.79 Å². The van der Waals surface area contributed by atoms with Gasteiger partial charge in [0.05, 0.1) is 6.33 Å². The lowest BCUT2D eigenvalue weighted by Crippen LogP contribution is -2.51. The van der Waals surface area contributed by atoms with E-state index in [9.17, 15) is 9.18 Å². The first kappa shape index (κ1) is 21.2. The van der Waals surface area contributed by atoms with Crippen LogP contribution in [-0.4, -0.2) is 24.9 Å². The molecular weight excluding hydrogens is 377 g/mol. The van der Waals surface area contributed by atoms with E-state index in [1.807, 2.05) is 19.1 Å². The standard InChI is InChI=1S/C23H31ClFNO2/c1-2-18(16-25)17-28-20-6-4-19(5-7-20)22-8-11-23(12-9-22,13-10-22)21(27)26-15-3-14-24/h4-7,16H,2-3,8-15,17H2,1H3,(H,26,27)/b18-16+. The molecule has 1 aromatic rings. The van der Waals surface area contributed by atoms with Gasteiger partial charge in [0.15, 0.2) is 0 Å². The summed E-state index contributed by atoms with van der Waals surface area (Å²) in [6.07, 6.45) is 8.15. The first-order valence-corrected chi connectivity index (χ1v) is 11.0. The van der Waals surface area contributed by atoms with Crippen molar-refractivity contribution in [1.82, 2.24) is 5.32 Å². The third-order valence-corrected chi connectivity index (χ3v) is 7.09. The smallest absolute Gasteiger partial charge is 0.226 e. The first-order chi connectivity index (χ1) is 13.6. The van der Waals surface area contributed by atoms with Gasteiger partial charge in [0.1, 0.15) is 12.4 Å². The van der Waals surface area contributed by atoms with Crippen molar-refractivity contribution < 1.29 is 13.9 Å². The predicted molar refractivity (Wildman–Crippen MR) is 112 cm³/mol. The maximum Gasteiger partial charge on any atom is 0.226 e. The summed E-state index contributed by atoms with van der Waals surface area (Å²) in [7, 11) is 0. The maximum absolute atomic E-state index is 12.7. The number of nitrogens with one attached hydrogen (secondary N) is 1. The number of halogens is 2. The molecule has 3 fully saturated rings. The number of rotatable bonds is 9. The second kappa shape index (κ2) is 9.30. The number of hydrogen-bond donors (Lipinski definition) is 1. The molecule has 0 spiro atoms. The highest BCUT2D eigenvalue weighted by Gasteiger charge is 2.52. The lowest BCUT2D eigenvalue weighted by molar-refractivity contribution is -0.137. The van der Waals surface area contributed by atoms with Crippen molar-refractivity contribution in [3.63, 3.8) is 0 Å². The predicted octanol–water partition coefficient (Wildman–Crippen LogP) is 5.67. The number of fused-ring (bicyclic) bond motifs is 3. The van der Waals surface area contributed by atoms with Gasteiger partial charge in [0, 0.05) is 17.8 Å². The van der Waals surface area contributed by atoms with Crippen LogP contribution in [0.2, 0.25) is 0 Å². The third kappa shape index (κ3) is 4.37. The van der Waals surface area contributed by atoms with Crippen LogP contribution in [0.4, 0.5) is 4.39 Å². The van der Waals surface area contributed by atoms with E-state index in [-0.39, 0.29) is 16.7 Å². The molecule has 0 unspecified atom stereocenters. The van der Waals surface area contributed by atoms with Crippen molar-refractivity contribution in [1.29, 1.82) is 0 Å². The normalized spacial score (nSPS) is 26.9. The molecule has 3 nitrogen and oxygen atoms in total. The SMILES string of the molecule is CC/C(=C\F)COc1ccc(C23CCC(C(=O)NCCCCl)(CC2)CC3)cc1. The summed E-state index contributed by atoms with van der Waals surface area (Å²) in [6.45, 7) is 2.88. The fraction of sp³-hybridized carbons (Fsp3) is 0.609. The minimum atomic E-state index is -0.174. The van der Waals surface area contributed by atoms with Crippen LogP contribution in [0, 0.1) is 5.41 Å². The molecule has 1 amide bonds. The van der Waals surface area contributed by atoms with E-state index in [0.717, 1.165) is 50.7 Å². The molecule has 3 saturated carbocycles. The molecular formula is C23H31ClFNO2. The number of ether oxygens (including phenoxy) is 1. The highest BCUT2D eigenvalue weighted by molar-refractivity contribution is 6.17. The lowest BCUT2D eigenvalue weighted by Gasteiger charge is -2.52. The van der Waals surface area contributed by atoms with Crippen LogP contribution >= 0.6 is 11.6 Å². The molecule has 0 radical (unpaired) electrons. The molecule has 1 N–H and O–H groups in total. The molecule has 28 heavy (non-hydrogen) atoms. The Morgan fingerprint density at radius 3 is 2.36 bits per heavy atom. The van der Waals surface area contributed by atoms with Crippen LogP contribution in [0.25, 0.3) is 0 Å². The third-order valence-electron chi connectivity index (χ3n) is 6.82. The molecule has 0 aliphatic heterocycles.